The summed E-state index contributed by atoms with van der Waals surface area (Å²) in [5.41, 5.74) is 1.22. The van der Waals surface area contributed by atoms with Crippen LogP contribution in [0.3, 0.4) is 0 Å². The Morgan fingerprint density at radius 1 is 1.33 bits per heavy atom. The summed E-state index contributed by atoms with van der Waals surface area (Å²) in [5, 5.41) is 8.73. The zero-order chi connectivity index (χ0) is 13.0. The van der Waals surface area contributed by atoms with Crippen molar-refractivity contribution in [1.29, 1.82) is 0 Å². The smallest absolute Gasteiger partial charge is 0.303 e. The van der Waals surface area contributed by atoms with Crippen LogP contribution < -0.4 is 4.90 Å². The molecule has 98 valence electrons. The molecule has 0 spiro atoms. The highest BCUT2D eigenvalue weighted by Crippen LogP contribution is 2.34. The maximum absolute atomic E-state index is 10.6. The van der Waals surface area contributed by atoms with E-state index < -0.39 is 5.97 Å². The van der Waals surface area contributed by atoms with Crippen LogP contribution in [0.15, 0.2) is 30.3 Å². The van der Waals surface area contributed by atoms with Crippen molar-refractivity contribution < 1.29 is 9.90 Å². The van der Waals surface area contributed by atoms with Crippen molar-refractivity contribution in [2.45, 2.75) is 38.6 Å². The van der Waals surface area contributed by atoms with Crippen molar-refractivity contribution in [3.8, 4) is 0 Å². The Hall–Kier alpha value is -1.51. The molecule has 18 heavy (non-hydrogen) atoms. The van der Waals surface area contributed by atoms with Crippen LogP contribution in [0.5, 0.6) is 0 Å². The third kappa shape index (κ3) is 3.25. The van der Waals surface area contributed by atoms with Crippen LogP contribution in [0.25, 0.3) is 0 Å². The first-order chi connectivity index (χ1) is 8.66. The SMILES string of the molecule is CC1CC(N(CCCC(=O)O)c2ccccc2)C1. The third-order valence-electron chi connectivity index (χ3n) is 3.67. The highest BCUT2D eigenvalue weighted by atomic mass is 16.4. The van der Waals surface area contributed by atoms with E-state index in [1.165, 1.54) is 18.5 Å². The molecule has 1 aromatic rings. The van der Waals surface area contributed by atoms with Gasteiger partial charge in [0.15, 0.2) is 0 Å². The second-order valence-electron chi connectivity index (χ2n) is 5.26. The van der Waals surface area contributed by atoms with E-state index in [0.29, 0.717) is 6.04 Å². The summed E-state index contributed by atoms with van der Waals surface area (Å²) >= 11 is 0. The Morgan fingerprint density at radius 3 is 2.56 bits per heavy atom. The van der Waals surface area contributed by atoms with Crippen molar-refractivity contribution in [2.24, 2.45) is 5.92 Å². The zero-order valence-corrected chi connectivity index (χ0v) is 10.9. The average molecular weight is 247 g/mol. The lowest BCUT2D eigenvalue weighted by Gasteiger charge is -2.43. The molecule has 1 fully saturated rings. The van der Waals surface area contributed by atoms with Crippen LogP contribution in [0.4, 0.5) is 5.69 Å². The summed E-state index contributed by atoms with van der Waals surface area (Å²) in [4.78, 5) is 13.0. The maximum Gasteiger partial charge on any atom is 0.303 e. The first-order valence-corrected chi connectivity index (χ1v) is 6.70. The van der Waals surface area contributed by atoms with E-state index in [2.05, 4.69) is 24.0 Å². The molecule has 0 radical (unpaired) electrons. The second-order valence-corrected chi connectivity index (χ2v) is 5.26. The van der Waals surface area contributed by atoms with Gasteiger partial charge in [0.25, 0.3) is 0 Å². The van der Waals surface area contributed by atoms with Crippen LogP contribution in [0.2, 0.25) is 0 Å². The van der Waals surface area contributed by atoms with Crippen LogP contribution in [0, 0.1) is 5.92 Å². The number of para-hydroxylation sites is 1. The predicted octanol–water partition coefficient (Wildman–Crippen LogP) is 3.16. The molecule has 0 aliphatic heterocycles. The Bertz CT molecular complexity index is 385. The minimum Gasteiger partial charge on any atom is -0.481 e. The molecule has 0 aromatic heterocycles. The van der Waals surface area contributed by atoms with Gasteiger partial charge in [0.1, 0.15) is 0 Å². The van der Waals surface area contributed by atoms with Gasteiger partial charge in [-0.3, -0.25) is 4.79 Å². The number of nitrogens with zero attached hydrogens (tertiary/aromatic N) is 1. The first-order valence-electron chi connectivity index (χ1n) is 6.70. The number of anilines is 1. The lowest BCUT2D eigenvalue weighted by atomic mass is 9.80. The molecule has 1 saturated carbocycles. The van der Waals surface area contributed by atoms with Gasteiger partial charge in [0.2, 0.25) is 0 Å². The van der Waals surface area contributed by atoms with Gasteiger partial charge in [0, 0.05) is 24.7 Å². The Balaban J connectivity index is 1.97. The third-order valence-corrected chi connectivity index (χ3v) is 3.67. The zero-order valence-electron chi connectivity index (χ0n) is 10.9. The highest BCUT2D eigenvalue weighted by Gasteiger charge is 2.30. The van der Waals surface area contributed by atoms with Crippen molar-refractivity contribution in [1.82, 2.24) is 0 Å². The summed E-state index contributed by atoms with van der Waals surface area (Å²) < 4.78 is 0. The van der Waals surface area contributed by atoms with Gasteiger partial charge >= 0.3 is 5.97 Å². The van der Waals surface area contributed by atoms with Gasteiger partial charge in [-0.15, -0.1) is 0 Å². The number of aliphatic carboxylic acids is 1. The second kappa shape index (κ2) is 5.89. The van der Waals surface area contributed by atoms with Gasteiger partial charge in [-0.2, -0.15) is 0 Å². The van der Waals surface area contributed by atoms with Gasteiger partial charge in [-0.1, -0.05) is 25.1 Å². The van der Waals surface area contributed by atoms with E-state index in [4.69, 9.17) is 5.11 Å². The summed E-state index contributed by atoms with van der Waals surface area (Å²) in [6, 6.07) is 10.9. The number of rotatable bonds is 6. The molecule has 0 heterocycles. The van der Waals surface area contributed by atoms with Gasteiger partial charge in [-0.05, 0) is 37.3 Å². The van der Waals surface area contributed by atoms with Crippen molar-refractivity contribution >= 4 is 11.7 Å². The number of benzene rings is 1. The molecular weight excluding hydrogens is 226 g/mol. The van der Waals surface area contributed by atoms with Crippen LogP contribution >= 0.6 is 0 Å². The fourth-order valence-corrected chi connectivity index (χ4v) is 2.66. The summed E-state index contributed by atoms with van der Waals surface area (Å²) in [7, 11) is 0. The molecular formula is C15H21NO2. The number of carboxylic acids is 1. The van der Waals surface area contributed by atoms with Gasteiger partial charge < -0.3 is 10.0 Å². The van der Waals surface area contributed by atoms with Crippen LogP contribution in [-0.4, -0.2) is 23.7 Å². The quantitative estimate of drug-likeness (QED) is 0.839. The largest absolute Gasteiger partial charge is 0.481 e. The Morgan fingerprint density at radius 2 is 2.00 bits per heavy atom. The number of carbonyl (C=O) groups is 1. The summed E-state index contributed by atoms with van der Waals surface area (Å²) in [6.45, 7) is 3.12. The summed E-state index contributed by atoms with van der Waals surface area (Å²) in [5.74, 6) is 0.102. The number of hydrogen-bond acceptors (Lipinski definition) is 2. The van der Waals surface area contributed by atoms with E-state index in [1.807, 2.05) is 18.2 Å². The van der Waals surface area contributed by atoms with E-state index >= 15 is 0 Å². The minimum atomic E-state index is -0.704. The van der Waals surface area contributed by atoms with Crippen LogP contribution in [0.1, 0.15) is 32.6 Å². The molecule has 3 heteroatoms. The van der Waals surface area contributed by atoms with E-state index in [-0.39, 0.29) is 6.42 Å². The monoisotopic (exact) mass is 247 g/mol. The highest BCUT2D eigenvalue weighted by molar-refractivity contribution is 5.66. The lowest BCUT2D eigenvalue weighted by Crippen LogP contribution is -2.44. The number of carboxylic acid groups (broad SMARTS) is 1. The average Bonchev–Trinajstić information content (AvgIpc) is 2.32. The molecule has 1 aliphatic carbocycles. The molecule has 2 rings (SSSR count). The number of hydrogen-bond donors (Lipinski definition) is 1. The first kappa shape index (κ1) is 12.9. The fourth-order valence-electron chi connectivity index (χ4n) is 2.66. The predicted molar refractivity (Wildman–Crippen MR) is 72.8 cm³/mol. The van der Waals surface area contributed by atoms with Crippen molar-refractivity contribution in [3.63, 3.8) is 0 Å². The molecule has 0 unspecified atom stereocenters. The van der Waals surface area contributed by atoms with Gasteiger partial charge in [-0.25, -0.2) is 0 Å². The molecule has 1 aromatic carbocycles. The lowest BCUT2D eigenvalue weighted by molar-refractivity contribution is -0.137. The molecule has 1 N–H and O–H groups in total. The Labute approximate surface area is 108 Å². The molecule has 3 nitrogen and oxygen atoms in total. The van der Waals surface area contributed by atoms with E-state index in [9.17, 15) is 4.79 Å². The topological polar surface area (TPSA) is 40.5 Å². The van der Waals surface area contributed by atoms with E-state index in [0.717, 1.165) is 18.9 Å². The molecule has 0 bridgehead atoms. The minimum absolute atomic E-state index is 0.256. The maximum atomic E-state index is 10.6. The molecule has 0 amide bonds. The molecule has 0 atom stereocenters. The Kier molecular flexibility index (Phi) is 4.24. The van der Waals surface area contributed by atoms with E-state index in [1.54, 1.807) is 0 Å². The van der Waals surface area contributed by atoms with Crippen molar-refractivity contribution in [2.75, 3.05) is 11.4 Å². The molecule has 1 aliphatic rings. The normalized spacial score (nSPS) is 22.3. The van der Waals surface area contributed by atoms with Gasteiger partial charge in [0.05, 0.1) is 0 Å². The van der Waals surface area contributed by atoms with Crippen LogP contribution in [-0.2, 0) is 4.79 Å². The van der Waals surface area contributed by atoms with Crippen molar-refractivity contribution in [3.05, 3.63) is 30.3 Å². The fraction of sp³-hybridized carbons (Fsp3) is 0.533. The standard InChI is InChI=1S/C15H21NO2/c1-12-10-14(11-12)16(9-5-8-15(17)18)13-6-3-2-4-7-13/h2-4,6-7,12,14H,5,8-11H2,1H3,(H,17,18). The molecule has 0 saturated heterocycles. The summed E-state index contributed by atoms with van der Waals surface area (Å²) in [6.07, 6.45) is 3.42.